The molecule has 2 aromatic rings. The third-order valence-electron chi connectivity index (χ3n) is 5.27. The minimum Gasteiger partial charge on any atom is -0.466 e. The number of aromatic nitrogens is 2. The van der Waals surface area contributed by atoms with Crippen molar-refractivity contribution in [3.63, 3.8) is 0 Å². The summed E-state index contributed by atoms with van der Waals surface area (Å²) in [6, 6.07) is 5.10. The number of fused-ring (bicyclic) bond motifs is 1. The fourth-order valence-corrected chi connectivity index (χ4v) is 3.85. The van der Waals surface area contributed by atoms with E-state index >= 15 is 0 Å². The minimum absolute atomic E-state index is 0.0202. The van der Waals surface area contributed by atoms with Gasteiger partial charge in [0.15, 0.2) is 5.69 Å². The van der Waals surface area contributed by atoms with E-state index in [1.807, 2.05) is 18.2 Å². The van der Waals surface area contributed by atoms with Crippen LogP contribution in [0.5, 0.6) is 0 Å². The van der Waals surface area contributed by atoms with Gasteiger partial charge < -0.3 is 23.9 Å². The molecular formula is C23H28N2O7. The second kappa shape index (κ2) is 10.4. The van der Waals surface area contributed by atoms with Gasteiger partial charge in [0, 0.05) is 12.6 Å². The number of esters is 3. The first-order valence-corrected chi connectivity index (χ1v) is 10.8. The molecule has 9 nitrogen and oxygen atoms in total. The minimum atomic E-state index is -0.901. The molecule has 0 saturated carbocycles. The van der Waals surface area contributed by atoms with E-state index in [1.54, 1.807) is 20.8 Å². The first-order chi connectivity index (χ1) is 15.4. The van der Waals surface area contributed by atoms with Crippen LogP contribution < -0.4 is 0 Å². The van der Waals surface area contributed by atoms with Gasteiger partial charge in [-0.05, 0) is 50.3 Å². The highest BCUT2D eigenvalue weighted by Crippen LogP contribution is 2.40. The number of carbonyl (C=O) groups excluding carboxylic acids is 3. The third-order valence-corrected chi connectivity index (χ3v) is 5.27. The largest absolute Gasteiger partial charge is 0.466 e. The average molecular weight is 444 g/mol. The van der Waals surface area contributed by atoms with Crippen molar-refractivity contribution in [2.24, 2.45) is 0 Å². The van der Waals surface area contributed by atoms with E-state index < -0.39 is 24.1 Å². The zero-order chi connectivity index (χ0) is 23.3. The number of hydrogen-bond donors (Lipinski definition) is 1. The van der Waals surface area contributed by atoms with E-state index in [1.165, 1.54) is 10.8 Å². The third kappa shape index (κ3) is 4.99. The van der Waals surface area contributed by atoms with Crippen LogP contribution in [0.2, 0.25) is 0 Å². The van der Waals surface area contributed by atoms with Crippen LogP contribution in [0.4, 0.5) is 0 Å². The number of aryl methyl sites for hydroxylation is 1. The van der Waals surface area contributed by atoms with Crippen molar-refractivity contribution in [3.8, 4) is 0 Å². The lowest BCUT2D eigenvalue weighted by Gasteiger charge is -2.18. The van der Waals surface area contributed by atoms with Crippen molar-refractivity contribution in [1.82, 2.24) is 9.55 Å². The first kappa shape index (κ1) is 23.5. The molecule has 0 aliphatic heterocycles. The molecule has 2 atom stereocenters. The first-order valence-electron chi connectivity index (χ1n) is 10.8. The van der Waals surface area contributed by atoms with E-state index in [2.05, 4.69) is 4.98 Å². The Morgan fingerprint density at radius 3 is 2.44 bits per heavy atom. The van der Waals surface area contributed by atoms with Crippen molar-refractivity contribution >= 4 is 17.9 Å². The summed E-state index contributed by atoms with van der Waals surface area (Å²) >= 11 is 0. The fourth-order valence-electron chi connectivity index (χ4n) is 3.85. The summed E-state index contributed by atoms with van der Waals surface area (Å²) in [6.45, 7) is 5.79. The van der Waals surface area contributed by atoms with E-state index in [-0.39, 0.29) is 37.1 Å². The van der Waals surface area contributed by atoms with Gasteiger partial charge in [-0.3, -0.25) is 4.79 Å². The molecule has 1 N–H and O–H groups in total. The number of aliphatic hydroxyl groups excluding tert-OH is 1. The van der Waals surface area contributed by atoms with Crippen LogP contribution in [-0.2, 0) is 31.8 Å². The zero-order valence-electron chi connectivity index (χ0n) is 18.5. The van der Waals surface area contributed by atoms with Crippen molar-refractivity contribution in [3.05, 3.63) is 52.6 Å². The van der Waals surface area contributed by atoms with Gasteiger partial charge in [0.25, 0.3) is 0 Å². The Bertz CT molecular complexity index is 998. The second-order valence-corrected chi connectivity index (χ2v) is 7.35. The number of benzene rings is 1. The van der Waals surface area contributed by atoms with E-state index in [0.717, 1.165) is 16.7 Å². The highest BCUT2D eigenvalue weighted by Gasteiger charge is 2.36. The molecule has 0 amide bonds. The van der Waals surface area contributed by atoms with Gasteiger partial charge in [-0.15, -0.1) is 0 Å². The van der Waals surface area contributed by atoms with Crippen molar-refractivity contribution in [2.45, 2.75) is 52.2 Å². The molecule has 1 aliphatic rings. The molecule has 0 bridgehead atoms. The number of rotatable bonds is 9. The fraction of sp³-hybridized carbons (Fsp3) is 0.478. The van der Waals surface area contributed by atoms with Crippen molar-refractivity contribution in [2.75, 3.05) is 19.8 Å². The second-order valence-electron chi connectivity index (χ2n) is 7.35. The number of ether oxygens (including phenoxy) is 3. The summed E-state index contributed by atoms with van der Waals surface area (Å²) in [5, 5.41) is 11.0. The predicted octanol–water partition coefficient (Wildman–Crippen LogP) is 2.56. The Balaban J connectivity index is 1.86. The molecule has 0 spiro atoms. The molecule has 1 heterocycles. The Morgan fingerprint density at radius 2 is 1.75 bits per heavy atom. The lowest BCUT2D eigenvalue weighted by atomic mass is 10.0. The van der Waals surface area contributed by atoms with Crippen LogP contribution in [0.15, 0.2) is 24.4 Å². The van der Waals surface area contributed by atoms with Crippen molar-refractivity contribution in [1.29, 1.82) is 0 Å². The Hall–Kier alpha value is -3.20. The number of carbonyl (C=O) groups is 3. The summed E-state index contributed by atoms with van der Waals surface area (Å²) in [7, 11) is 0. The normalized spacial score (nSPS) is 17.0. The van der Waals surface area contributed by atoms with Crippen LogP contribution in [0.1, 0.15) is 77.1 Å². The lowest BCUT2D eigenvalue weighted by molar-refractivity contribution is -0.143. The average Bonchev–Trinajstić information content (AvgIpc) is 3.34. The maximum absolute atomic E-state index is 12.5. The molecule has 0 radical (unpaired) electrons. The van der Waals surface area contributed by atoms with E-state index in [9.17, 15) is 19.5 Å². The highest BCUT2D eigenvalue weighted by atomic mass is 16.5. The maximum Gasteiger partial charge on any atom is 0.374 e. The SMILES string of the molecule is CCOC(=O)CCc1ccc2c(c1)CC(n1cc(C(=O)OCC)nc1C(=O)OCC)C2O. The van der Waals surface area contributed by atoms with Gasteiger partial charge in [0.05, 0.1) is 25.9 Å². The van der Waals surface area contributed by atoms with Gasteiger partial charge >= 0.3 is 17.9 Å². The van der Waals surface area contributed by atoms with Crippen LogP contribution in [0, 0.1) is 0 Å². The molecule has 1 aromatic carbocycles. The predicted molar refractivity (Wildman–Crippen MR) is 113 cm³/mol. The van der Waals surface area contributed by atoms with Crippen LogP contribution in [0.3, 0.4) is 0 Å². The van der Waals surface area contributed by atoms with Gasteiger partial charge in [0.2, 0.25) is 5.82 Å². The standard InChI is InChI=1S/C23H28N2O7/c1-4-30-19(26)10-8-14-7-9-16-15(11-14)12-18(20(16)27)25-13-17(22(28)31-5-2)24-21(25)23(29)32-6-3/h7,9,11,13,18,20,27H,4-6,8,10,12H2,1-3H3. The molecule has 172 valence electrons. The van der Waals surface area contributed by atoms with E-state index in [0.29, 0.717) is 19.4 Å². The number of aliphatic hydroxyl groups is 1. The van der Waals surface area contributed by atoms with Crippen LogP contribution in [-0.4, -0.2) is 52.4 Å². The van der Waals surface area contributed by atoms with Gasteiger partial charge in [-0.2, -0.15) is 0 Å². The van der Waals surface area contributed by atoms with Gasteiger partial charge in [-0.1, -0.05) is 18.2 Å². The molecule has 0 saturated heterocycles. The molecule has 2 unspecified atom stereocenters. The topological polar surface area (TPSA) is 117 Å². The maximum atomic E-state index is 12.5. The molecule has 32 heavy (non-hydrogen) atoms. The summed E-state index contributed by atoms with van der Waals surface area (Å²) in [5.74, 6) is -1.64. The molecule has 1 aliphatic carbocycles. The Morgan fingerprint density at radius 1 is 1.06 bits per heavy atom. The molecule has 3 rings (SSSR count). The molecular weight excluding hydrogens is 416 g/mol. The van der Waals surface area contributed by atoms with Crippen LogP contribution >= 0.6 is 0 Å². The number of imidazole rings is 1. The monoisotopic (exact) mass is 444 g/mol. The lowest BCUT2D eigenvalue weighted by Crippen LogP contribution is -2.20. The number of hydrogen-bond acceptors (Lipinski definition) is 8. The number of nitrogens with zero attached hydrogens (tertiary/aromatic N) is 2. The smallest absolute Gasteiger partial charge is 0.374 e. The van der Waals surface area contributed by atoms with Gasteiger partial charge in [0.1, 0.15) is 6.10 Å². The molecule has 1 aromatic heterocycles. The summed E-state index contributed by atoms with van der Waals surface area (Å²) in [6.07, 6.45) is 1.75. The summed E-state index contributed by atoms with van der Waals surface area (Å²) in [4.78, 5) is 40.4. The Kier molecular flexibility index (Phi) is 7.63. The quantitative estimate of drug-likeness (QED) is 0.463. The molecule has 0 fully saturated rings. The highest BCUT2D eigenvalue weighted by molar-refractivity contribution is 5.91. The Labute approximate surface area is 186 Å². The van der Waals surface area contributed by atoms with Gasteiger partial charge in [-0.25, -0.2) is 14.6 Å². The zero-order valence-corrected chi connectivity index (χ0v) is 18.5. The summed E-state index contributed by atoms with van der Waals surface area (Å²) < 4.78 is 16.6. The van der Waals surface area contributed by atoms with Crippen molar-refractivity contribution < 1.29 is 33.7 Å². The van der Waals surface area contributed by atoms with E-state index in [4.69, 9.17) is 14.2 Å². The molecule has 9 heteroatoms. The van der Waals surface area contributed by atoms with Crippen LogP contribution in [0.25, 0.3) is 0 Å². The summed E-state index contributed by atoms with van der Waals surface area (Å²) in [5.41, 5.74) is 2.57.